The Bertz CT molecular complexity index is 657. The van der Waals surface area contributed by atoms with Gasteiger partial charge in [0, 0.05) is 24.2 Å². The number of methoxy groups -OCH3 is 1. The second kappa shape index (κ2) is 10.5. The van der Waals surface area contributed by atoms with Crippen molar-refractivity contribution in [2.75, 3.05) is 39.2 Å². The third-order valence-corrected chi connectivity index (χ3v) is 5.67. The molecule has 1 saturated heterocycles. The highest BCUT2D eigenvalue weighted by atomic mass is 32.2. The van der Waals surface area contributed by atoms with E-state index in [1.165, 1.54) is 11.1 Å². The van der Waals surface area contributed by atoms with Gasteiger partial charge in [0.15, 0.2) is 0 Å². The molecule has 0 radical (unpaired) electrons. The molecule has 0 amide bonds. The first-order valence-corrected chi connectivity index (χ1v) is 10.3. The lowest BCUT2D eigenvalue weighted by Crippen LogP contribution is -2.23. The van der Waals surface area contributed by atoms with Crippen LogP contribution in [0.25, 0.3) is 0 Å². The van der Waals surface area contributed by atoms with Crippen LogP contribution < -0.4 is 20.1 Å². The van der Waals surface area contributed by atoms with Gasteiger partial charge in [-0.25, -0.2) is 0 Å². The van der Waals surface area contributed by atoms with Crippen LogP contribution in [0.5, 0.6) is 11.5 Å². The Morgan fingerprint density at radius 2 is 1.96 bits per heavy atom. The molecule has 0 aromatic heterocycles. The second-order valence-corrected chi connectivity index (χ2v) is 7.68. The fraction of sp³-hybridized carbons (Fsp3) is 0.429. The number of thioether (sulfide) groups is 1. The van der Waals surface area contributed by atoms with Crippen LogP contribution in [0.15, 0.2) is 48.5 Å². The quantitative estimate of drug-likeness (QED) is 0.628. The fourth-order valence-corrected chi connectivity index (χ4v) is 4.09. The van der Waals surface area contributed by atoms with Crippen molar-refractivity contribution in [1.29, 1.82) is 0 Å². The van der Waals surface area contributed by atoms with E-state index in [0.717, 1.165) is 49.9 Å². The van der Waals surface area contributed by atoms with Gasteiger partial charge in [-0.3, -0.25) is 0 Å². The number of rotatable bonds is 10. The smallest absolute Gasteiger partial charge is 0.122 e. The van der Waals surface area contributed by atoms with Crippen LogP contribution in [-0.4, -0.2) is 44.5 Å². The minimum atomic E-state index is 0.674. The number of nitrogens with one attached hydrogen (secondary N) is 2. The van der Waals surface area contributed by atoms with Gasteiger partial charge in [0.25, 0.3) is 0 Å². The molecular formula is C21H28N2O2S. The van der Waals surface area contributed by atoms with Gasteiger partial charge in [-0.1, -0.05) is 30.3 Å². The van der Waals surface area contributed by atoms with Gasteiger partial charge in [-0.15, -0.1) is 11.8 Å². The molecule has 2 N–H and O–H groups in total. The molecule has 1 aliphatic heterocycles. The Kier molecular flexibility index (Phi) is 7.67. The highest BCUT2D eigenvalue weighted by Gasteiger charge is 2.15. The summed E-state index contributed by atoms with van der Waals surface area (Å²) in [6, 6.07) is 16.7. The van der Waals surface area contributed by atoms with E-state index in [4.69, 9.17) is 9.47 Å². The second-order valence-electron chi connectivity index (χ2n) is 6.40. The molecule has 26 heavy (non-hydrogen) atoms. The Hall–Kier alpha value is -1.69. The number of hydrogen-bond acceptors (Lipinski definition) is 5. The summed E-state index contributed by atoms with van der Waals surface area (Å²) in [7, 11) is 1.72. The topological polar surface area (TPSA) is 42.5 Å². The van der Waals surface area contributed by atoms with Crippen molar-refractivity contribution < 1.29 is 9.47 Å². The lowest BCUT2D eigenvalue weighted by Gasteiger charge is -2.11. The van der Waals surface area contributed by atoms with Crippen molar-refractivity contribution in [2.24, 2.45) is 0 Å². The van der Waals surface area contributed by atoms with E-state index in [9.17, 15) is 0 Å². The summed E-state index contributed by atoms with van der Waals surface area (Å²) in [5, 5.41) is 7.52. The minimum Gasteiger partial charge on any atom is -0.496 e. The van der Waals surface area contributed by atoms with Crippen molar-refractivity contribution in [3.8, 4) is 11.5 Å². The number of ether oxygens (including phenoxy) is 2. The Labute approximate surface area is 160 Å². The van der Waals surface area contributed by atoms with Crippen LogP contribution >= 0.6 is 11.8 Å². The summed E-state index contributed by atoms with van der Waals surface area (Å²) in [6.45, 7) is 3.54. The van der Waals surface area contributed by atoms with Crippen LogP contribution in [-0.2, 0) is 12.8 Å². The molecule has 1 unspecified atom stereocenters. The van der Waals surface area contributed by atoms with Crippen LogP contribution in [0.2, 0.25) is 0 Å². The Morgan fingerprint density at radius 3 is 2.73 bits per heavy atom. The molecule has 1 fully saturated rings. The van der Waals surface area contributed by atoms with E-state index in [2.05, 4.69) is 41.0 Å². The van der Waals surface area contributed by atoms with Gasteiger partial charge in [-0.2, -0.15) is 0 Å². The maximum Gasteiger partial charge on any atom is 0.122 e. The molecule has 140 valence electrons. The lowest BCUT2D eigenvalue weighted by atomic mass is 10.1. The highest BCUT2D eigenvalue weighted by molar-refractivity contribution is 8.00. The maximum atomic E-state index is 5.82. The molecule has 2 aromatic carbocycles. The van der Waals surface area contributed by atoms with Crippen molar-refractivity contribution in [2.45, 2.75) is 18.1 Å². The lowest BCUT2D eigenvalue weighted by molar-refractivity contribution is 0.314. The Balaban J connectivity index is 1.31. The molecule has 5 heteroatoms. The highest BCUT2D eigenvalue weighted by Crippen LogP contribution is 2.21. The van der Waals surface area contributed by atoms with E-state index >= 15 is 0 Å². The molecular weight excluding hydrogens is 344 g/mol. The third kappa shape index (κ3) is 5.94. The van der Waals surface area contributed by atoms with Crippen LogP contribution in [0, 0.1) is 0 Å². The molecule has 1 atom stereocenters. The summed E-state index contributed by atoms with van der Waals surface area (Å²) >= 11 is 2.00. The van der Waals surface area contributed by atoms with E-state index in [0.29, 0.717) is 11.9 Å². The predicted molar refractivity (Wildman–Crippen MR) is 109 cm³/mol. The minimum absolute atomic E-state index is 0.674. The summed E-state index contributed by atoms with van der Waals surface area (Å²) in [5.74, 6) is 2.98. The SMILES string of the molecule is COc1ccccc1CCNCCOc1ccc(CC2CNCS2)cc1. The van der Waals surface area contributed by atoms with E-state index in [1.54, 1.807) is 7.11 Å². The van der Waals surface area contributed by atoms with Crippen LogP contribution in [0.3, 0.4) is 0 Å². The number of benzene rings is 2. The monoisotopic (exact) mass is 372 g/mol. The van der Waals surface area contributed by atoms with Gasteiger partial charge in [0.05, 0.1) is 7.11 Å². The number of para-hydroxylation sites is 1. The summed E-state index contributed by atoms with van der Waals surface area (Å²) < 4.78 is 11.2. The molecule has 0 saturated carbocycles. The summed E-state index contributed by atoms with van der Waals surface area (Å²) in [5.41, 5.74) is 2.61. The van der Waals surface area contributed by atoms with E-state index < -0.39 is 0 Å². The third-order valence-electron chi connectivity index (χ3n) is 4.49. The summed E-state index contributed by atoms with van der Waals surface area (Å²) in [4.78, 5) is 0. The zero-order chi connectivity index (χ0) is 18.0. The molecule has 0 bridgehead atoms. The van der Waals surface area contributed by atoms with Crippen molar-refractivity contribution >= 4 is 11.8 Å². The average Bonchev–Trinajstić information content (AvgIpc) is 3.19. The first-order chi connectivity index (χ1) is 12.8. The number of hydrogen-bond donors (Lipinski definition) is 2. The molecule has 1 aliphatic rings. The zero-order valence-corrected chi connectivity index (χ0v) is 16.2. The van der Waals surface area contributed by atoms with Crippen molar-refractivity contribution in [1.82, 2.24) is 10.6 Å². The molecule has 3 rings (SSSR count). The molecule has 0 spiro atoms. The van der Waals surface area contributed by atoms with Crippen molar-refractivity contribution in [3.63, 3.8) is 0 Å². The maximum absolute atomic E-state index is 5.82. The van der Waals surface area contributed by atoms with Crippen molar-refractivity contribution in [3.05, 3.63) is 59.7 Å². The first kappa shape index (κ1) is 19.1. The molecule has 1 heterocycles. The van der Waals surface area contributed by atoms with Gasteiger partial charge in [0.1, 0.15) is 18.1 Å². The van der Waals surface area contributed by atoms with Gasteiger partial charge >= 0.3 is 0 Å². The normalized spacial score (nSPS) is 16.6. The fourth-order valence-electron chi connectivity index (χ4n) is 3.07. The van der Waals surface area contributed by atoms with Gasteiger partial charge in [-0.05, 0) is 48.7 Å². The molecule has 2 aromatic rings. The van der Waals surface area contributed by atoms with Gasteiger partial charge in [0.2, 0.25) is 0 Å². The predicted octanol–water partition coefficient (Wildman–Crippen LogP) is 3.11. The average molecular weight is 373 g/mol. The van der Waals surface area contributed by atoms with E-state index in [1.807, 2.05) is 30.0 Å². The standard InChI is InChI=1S/C21H28N2O2S/c1-24-21-5-3-2-4-18(21)10-11-22-12-13-25-19-8-6-17(7-9-19)14-20-15-23-16-26-20/h2-9,20,22-23H,10-16H2,1H3. The molecule has 4 nitrogen and oxygen atoms in total. The zero-order valence-electron chi connectivity index (χ0n) is 15.4. The summed E-state index contributed by atoms with van der Waals surface area (Å²) in [6.07, 6.45) is 2.08. The van der Waals surface area contributed by atoms with Crippen LogP contribution in [0.4, 0.5) is 0 Å². The molecule has 0 aliphatic carbocycles. The van der Waals surface area contributed by atoms with E-state index in [-0.39, 0.29) is 0 Å². The van der Waals surface area contributed by atoms with Crippen LogP contribution in [0.1, 0.15) is 11.1 Å². The van der Waals surface area contributed by atoms with Gasteiger partial charge < -0.3 is 20.1 Å². The Morgan fingerprint density at radius 1 is 1.12 bits per heavy atom. The largest absolute Gasteiger partial charge is 0.496 e. The first-order valence-electron chi connectivity index (χ1n) is 9.22.